The van der Waals surface area contributed by atoms with Crippen molar-refractivity contribution in [3.63, 3.8) is 0 Å². The molecule has 0 radical (unpaired) electrons. The van der Waals surface area contributed by atoms with Crippen molar-refractivity contribution in [1.29, 1.82) is 0 Å². The van der Waals surface area contributed by atoms with Crippen LogP contribution in [-0.4, -0.2) is 28.6 Å². The van der Waals surface area contributed by atoms with Crippen LogP contribution in [0.3, 0.4) is 0 Å². The maximum absolute atomic E-state index is 11.4. The predicted octanol–water partition coefficient (Wildman–Crippen LogP) is 1.37. The fourth-order valence-electron chi connectivity index (χ4n) is 1.72. The fourth-order valence-corrected chi connectivity index (χ4v) is 1.72. The topological polar surface area (TPSA) is 57.6 Å². The summed E-state index contributed by atoms with van der Waals surface area (Å²) >= 11 is 0. The van der Waals surface area contributed by atoms with E-state index in [0.717, 1.165) is 10.5 Å². The number of benzene rings is 1. The zero-order valence-corrected chi connectivity index (χ0v) is 8.09. The van der Waals surface area contributed by atoms with Crippen molar-refractivity contribution < 1.29 is 14.7 Å². The molecule has 2 amide bonds. The average Bonchev–Trinajstić information content (AvgIpc) is 2.24. The lowest BCUT2D eigenvalue weighted by Crippen LogP contribution is -2.55. The van der Waals surface area contributed by atoms with Crippen molar-refractivity contribution in [3.05, 3.63) is 35.9 Å². The Kier molecular flexibility index (Phi) is 2.41. The van der Waals surface area contributed by atoms with Crippen LogP contribution in [0.2, 0.25) is 0 Å². The van der Waals surface area contributed by atoms with Gasteiger partial charge in [0.25, 0.3) is 0 Å². The number of likely N-dealkylation sites (tertiary alicyclic amines) is 1. The van der Waals surface area contributed by atoms with Crippen LogP contribution in [0.15, 0.2) is 30.3 Å². The first-order valence-electron chi connectivity index (χ1n) is 4.76. The molecule has 1 heterocycles. The van der Waals surface area contributed by atoms with Gasteiger partial charge < -0.3 is 5.11 Å². The quantitative estimate of drug-likeness (QED) is 0.742. The molecule has 4 nitrogen and oxygen atoms in total. The van der Waals surface area contributed by atoms with E-state index in [0.29, 0.717) is 13.0 Å². The molecule has 2 rings (SSSR count). The lowest BCUT2D eigenvalue weighted by molar-refractivity contribution is -0.144. The van der Waals surface area contributed by atoms with Gasteiger partial charge in [0.15, 0.2) is 0 Å². The lowest BCUT2D eigenvalue weighted by atomic mass is 9.91. The summed E-state index contributed by atoms with van der Waals surface area (Å²) in [6.45, 7) is 0.322. The summed E-state index contributed by atoms with van der Waals surface area (Å²) in [6.07, 6.45) is -0.520. The number of rotatable bonds is 2. The van der Waals surface area contributed by atoms with Crippen LogP contribution < -0.4 is 0 Å². The molecule has 1 N–H and O–H groups in total. The Morgan fingerprint density at radius 2 is 2.07 bits per heavy atom. The number of hydrogen-bond donors (Lipinski definition) is 1. The van der Waals surface area contributed by atoms with Crippen molar-refractivity contribution in [1.82, 2.24) is 4.90 Å². The first kappa shape index (κ1) is 9.71. The summed E-state index contributed by atoms with van der Waals surface area (Å²) in [5.41, 5.74) is 1.07. The van der Waals surface area contributed by atoms with E-state index in [1.54, 1.807) is 0 Å². The fraction of sp³-hybridized carbons (Fsp3) is 0.273. The molecule has 1 saturated heterocycles. The summed E-state index contributed by atoms with van der Waals surface area (Å²) < 4.78 is 0. The molecular weight excluding hydrogens is 194 g/mol. The van der Waals surface area contributed by atoms with E-state index in [4.69, 9.17) is 5.11 Å². The number of imide groups is 1. The first-order valence-corrected chi connectivity index (χ1v) is 4.76. The van der Waals surface area contributed by atoms with Crippen molar-refractivity contribution in [2.75, 3.05) is 6.54 Å². The van der Waals surface area contributed by atoms with Crippen molar-refractivity contribution in [3.8, 4) is 0 Å². The molecular formula is C11H11NO3. The van der Waals surface area contributed by atoms with Gasteiger partial charge in [0.05, 0.1) is 5.92 Å². The maximum atomic E-state index is 11.4. The Balaban J connectivity index is 1.95. The molecule has 0 aromatic heterocycles. The normalized spacial score (nSPS) is 19.9. The molecule has 1 aromatic rings. The van der Waals surface area contributed by atoms with Crippen molar-refractivity contribution in [2.24, 2.45) is 5.92 Å². The van der Waals surface area contributed by atoms with Crippen LogP contribution in [0.4, 0.5) is 4.79 Å². The lowest BCUT2D eigenvalue weighted by Gasteiger charge is -2.34. The Morgan fingerprint density at radius 3 is 2.60 bits per heavy atom. The number of carboxylic acid groups (broad SMARTS) is 1. The van der Waals surface area contributed by atoms with Gasteiger partial charge >= 0.3 is 6.09 Å². The molecule has 1 aliphatic rings. The second-order valence-corrected chi connectivity index (χ2v) is 3.62. The van der Waals surface area contributed by atoms with Gasteiger partial charge in [-0.05, 0) is 12.0 Å². The standard InChI is InChI=1S/C11H11NO3/c13-10-9(7-12(10)11(14)15)6-8-4-2-1-3-5-8/h1-5,9H,6-7H2,(H,14,15)/t9-/m0/s1. The summed E-state index contributed by atoms with van der Waals surface area (Å²) in [5, 5.41) is 8.59. The highest BCUT2D eigenvalue weighted by Crippen LogP contribution is 2.21. The van der Waals surface area contributed by atoms with Gasteiger partial charge in [0.2, 0.25) is 5.91 Å². The molecule has 1 atom stereocenters. The van der Waals surface area contributed by atoms with Crippen LogP contribution in [0.5, 0.6) is 0 Å². The zero-order chi connectivity index (χ0) is 10.8. The Hall–Kier alpha value is -1.84. The highest BCUT2D eigenvalue weighted by Gasteiger charge is 2.40. The molecule has 0 aliphatic carbocycles. The molecule has 0 saturated carbocycles. The van der Waals surface area contributed by atoms with E-state index in [9.17, 15) is 9.59 Å². The summed E-state index contributed by atoms with van der Waals surface area (Å²) in [4.78, 5) is 22.7. The number of nitrogens with zero attached hydrogens (tertiary/aromatic N) is 1. The van der Waals surface area contributed by atoms with Gasteiger partial charge in [-0.1, -0.05) is 30.3 Å². The second kappa shape index (κ2) is 3.73. The first-order chi connectivity index (χ1) is 7.18. The number of hydrogen-bond acceptors (Lipinski definition) is 2. The number of carbonyl (C=O) groups excluding carboxylic acids is 1. The number of β-lactam (4-membered cyclic amide) rings is 1. The minimum absolute atomic E-state index is 0.163. The Bertz CT molecular complexity index is 388. The minimum atomic E-state index is -1.15. The van der Waals surface area contributed by atoms with Crippen LogP contribution >= 0.6 is 0 Å². The van der Waals surface area contributed by atoms with Crippen LogP contribution in [0, 0.1) is 5.92 Å². The molecule has 1 fully saturated rings. The van der Waals surface area contributed by atoms with E-state index >= 15 is 0 Å². The third-order valence-electron chi connectivity index (χ3n) is 2.57. The molecule has 1 aliphatic heterocycles. The second-order valence-electron chi connectivity index (χ2n) is 3.62. The van der Waals surface area contributed by atoms with E-state index in [-0.39, 0.29) is 11.8 Å². The molecule has 0 spiro atoms. The summed E-state index contributed by atoms with van der Waals surface area (Å²) in [5.74, 6) is -0.449. The molecule has 0 unspecified atom stereocenters. The average molecular weight is 205 g/mol. The minimum Gasteiger partial charge on any atom is -0.465 e. The van der Waals surface area contributed by atoms with E-state index in [1.807, 2.05) is 30.3 Å². The Labute approximate surface area is 87.1 Å². The van der Waals surface area contributed by atoms with Gasteiger partial charge in [-0.2, -0.15) is 0 Å². The molecule has 0 bridgehead atoms. The van der Waals surface area contributed by atoms with Crippen molar-refractivity contribution >= 4 is 12.0 Å². The van der Waals surface area contributed by atoms with Gasteiger partial charge in [0.1, 0.15) is 0 Å². The zero-order valence-electron chi connectivity index (χ0n) is 8.09. The largest absolute Gasteiger partial charge is 0.465 e. The third kappa shape index (κ3) is 1.83. The Morgan fingerprint density at radius 1 is 1.40 bits per heavy atom. The molecule has 15 heavy (non-hydrogen) atoms. The van der Waals surface area contributed by atoms with Gasteiger partial charge in [-0.15, -0.1) is 0 Å². The van der Waals surface area contributed by atoms with E-state index < -0.39 is 6.09 Å². The third-order valence-corrected chi connectivity index (χ3v) is 2.57. The maximum Gasteiger partial charge on any atom is 0.414 e. The molecule has 78 valence electrons. The van der Waals surface area contributed by atoms with Crippen molar-refractivity contribution in [2.45, 2.75) is 6.42 Å². The van der Waals surface area contributed by atoms with E-state index in [2.05, 4.69) is 0 Å². The SMILES string of the molecule is O=C(O)N1C[C@H](Cc2ccccc2)C1=O. The van der Waals surface area contributed by atoms with E-state index in [1.165, 1.54) is 0 Å². The molecule has 1 aromatic carbocycles. The van der Waals surface area contributed by atoms with Crippen LogP contribution in [-0.2, 0) is 11.2 Å². The summed E-state index contributed by atoms with van der Waals surface area (Å²) in [6, 6.07) is 9.62. The van der Waals surface area contributed by atoms with Gasteiger partial charge in [-0.25, -0.2) is 9.69 Å². The van der Waals surface area contributed by atoms with Crippen LogP contribution in [0.1, 0.15) is 5.56 Å². The number of amides is 2. The highest BCUT2D eigenvalue weighted by atomic mass is 16.4. The smallest absolute Gasteiger partial charge is 0.414 e. The molecule has 4 heteroatoms. The summed E-state index contributed by atoms with van der Waals surface area (Å²) in [7, 11) is 0. The van der Waals surface area contributed by atoms with Crippen LogP contribution in [0.25, 0.3) is 0 Å². The number of carbonyl (C=O) groups is 2. The van der Waals surface area contributed by atoms with Gasteiger partial charge in [0, 0.05) is 6.54 Å². The predicted molar refractivity (Wildman–Crippen MR) is 53.4 cm³/mol. The van der Waals surface area contributed by atoms with Gasteiger partial charge in [-0.3, -0.25) is 4.79 Å². The highest BCUT2D eigenvalue weighted by molar-refractivity contribution is 5.97. The monoisotopic (exact) mass is 205 g/mol.